The molecule has 28 heavy (non-hydrogen) atoms. The largest absolute Gasteiger partial charge is 0.360 e. The van der Waals surface area contributed by atoms with Crippen molar-refractivity contribution in [2.75, 3.05) is 31.1 Å². The number of nitro groups is 1. The zero-order chi connectivity index (χ0) is 19.5. The number of nitrogens with one attached hydrogen (secondary N) is 1. The van der Waals surface area contributed by atoms with Crippen molar-refractivity contribution in [3.63, 3.8) is 0 Å². The SMILES string of the molecule is O=[N+]([O-])c1ccc(N2CC[NH+](Cc3csc(-c4ccccc4Cl)n3)CC2)cc1. The van der Waals surface area contributed by atoms with E-state index in [0.717, 1.165) is 59.7 Å². The first kappa shape index (κ1) is 18.9. The summed E-state index contributed by atoms with van der Waals surface area (Å²) in [4.78, 5) is 19.0. The minimum Gasteiger partial charge on any atom is -0.360 e. The third-order valence-electron chi connectivity index (χ3n) is 4.98. The van der Waals surface area contributed by atoms with Crippen molar-refractivity contribution in [3.05, 3.63) is 74.7 Å². The van der Waals surface area contributed by atoms with Crippen LogP contribution in [0.25, 0.3) is 10.6 Å². The van der Waals surface area contributed by atoms with Crippen molar-refractivity contribution in [2.45, 2.75) is 6.54 Å². The number of hydrogen-bond acceptors (Lipinski definition) is 5. The number of quaternary nitrogens is 1. The average Bonchev–Trinajstić information content (AvgIpc) is 3.17. The fourth-order valence-corrected chi connectivity index (χ4v) is 4.59. The maximum Gasteiger partial charge on any atom is 0.269 e. The highest BCUT2D eigenvalue weighted by molar-refractivity contribution is 7.13. The summed E-state index contributed by atoms with van der Waals surface area (Å²) in [6.45, 7) is 4.77. The molecule has 0 aliphatic carbocycles. The molecule has 0 amide bonds. The van der Waals surface area contributed by atoms with E-state index in [2.05, 4.69) is 10.3 Å². The quantitative estimate of drug-likeness (QED) is 0.513. The van der Waals surface area contributed by atoms with Crippen LogP contribution in [-0.4, -0.2) is 36.1 Å². The number of halogens is 1. The van der Waals surface area contributed by atoms with E-state index >= 15 is 0 Å². The Balaban J connectivity index is 1.35. The minimum atomic E-state index is -0.364. The second-order valence-corrected chi connectivity index (χ2v) is 8.08. The fraction of sp³-hybridized carbons (Fsp3) is 0.250. The maximum absolute atomic E-state index is 10.8. The number of nitrogens with zero attached hydrogens (tertiary/aromatic N) is 3. The minimum absolute atomic E-state index is 0.130. The van der Waals surface area contributed by atoms with E-state index in [1.165, 1.54) is 4.90 Å². The predicted octanol–water partition coefficient (Wildman–Crippen LogP) is 3.28. The number of thiazole rings is 1. The Bertz CT molecular complexity index is 968. The molecule has 0 unspecified atom stereocenters. The lowest BCUT2D eigenvalue weighted by Gasteiger charge is -2.33. The highest BCUT2D eigenvalue weighted by Gasteiger charge is 2.22. The van der Waals surface area contributed by atoms with Crippen molar-refractivity contribution in [1.29, 1.82) is 0 Å². The van der Waals surface area contributed by atoms with Gasteiger partial charge in [-0.15, -0.1) is 11.3 Å². The zero-order valence-corrected chi connectivity index (χ0v) is 16.7. The first-order valence-electron chi connectivity index (χ1n) is 9.12. The normalized spacial score (nSPS) is 15.0. The molecule has 1 aromatic heterocycles. The summed E-state index contributed by atoms with van der Waals surface area (Å²) in [7, 11) is 0. The van der Waals surface area contributed by atoms with E-state index in [4.69, 9.17) is 16.6 Å². The van der Waals surface area contributed by atoms with E-state index in [9.17, 15) is 10.1 Å². The Morgan fingerprint density at radius 2 is 1.86 bits per heavy atom. The number of rotatable bonds is 5. The number of nitro benzene ring substituents is 1. The zero-order valence-electron chi connectivity index (χ0n) is 15.2. The molecule has 0 bridgehead atoms. The first-order valence-corrected chi connectivity index (χ1v) is 10.4. The molecule has 1 N–H and O–H groups in total. The molecule has 8 heteroatoms. The monoisotopic (exact) mass is 415 g/mol. The van der Waals surface area contributed by atoms with Gasteiger partial charge in [0.05, 0.1) is 36.1 Å². The number of non-ortho nitro benzene ring substituents is 1. The lowest BCUT2D eigenvalue weighted by molar-refractivity contribution is -0.914. The Kier molecular flexibility index (Phi) is 5.57. The van der Waals surface area contributed by atoms with Crippen LogP contribution in [0, 0.1) is 10.1 Å². The van der Waals surface area contributed by atoms with Crippen LogP contribution in [0.1, 0.15) is 5.69 Å². The first-order chi connectivity index (χ1) is 13.6. The summed E-state index contributed by atoms with van der Waals surface area (Å²) in [5.41, 5.74) is 3.25. The molecule has 2 aromatic carbocycles. The van der Waals surface area contributed by atoms with E-state index in [1.807, 2.05) is 36.4 Å². The average molecular weight is 416 g/mol. The summed E-state index contributed by atoms with van der Waals surface area (Å²) >= 11 is 7.91. The van der Waals surface area contributed by atoms with Gasteiger partial charge in [-0.2, -0.15) is 0 Å². The van der Waals surface area contributed by atoms with Gasteiger partial charge in [0.1, 0.15) is 17.2 Å². The maximum atomic E-state index is 10.8. The molecule has 0 saturated carbocycles. The van der Waals surface area contributed by atoms with Crippen LogP contribution in [0.2, 0.25) is 5.02 Å². The van der Waals surface area contributed by atoms with Crippen LogP contribution in [0.3, 0.4) is 0 Å². The number of benzene rings is 2. The molecule has 1 aliphatic heterocycles. The van der Waals surface area contributed by atoms with Crippen LogP contribution in [0.4, 0.5) is 11.4 Å². The molecule has 0 atom stereocenters. The molecular weight excluding hydrogens is 396 g/mol. The van der Waals surface area contributed by atoms with Crippen LogP contribution in [0.5, 0.6) is 0 Å². The lowest BCUT2D eigenvalue weighted by atomic mass is 10.2. The van der Waals surface area contributed by atoms with Crippen molar-refractivity contribution < 1.29 is 9.82 Å². The van der Waals surface area contributed by atoms with Crippen LogP contribution >= 0.6 is 22.9 Å². The van der Waals surface area contributed by atoms with Gasteiger partial charge in [-0.1, -0.05) is 29.8 Å². The highest BCUT2D eigenvalue weighted by Crippen LogP contribution is 2.29. The molecule has 1 saturated heterocycles. The van der Waals surface area contributed by atoms with Gasteiger partial charge in [0.15, 0.2) is 0 Å². The molecule has 1 fully saturated rings. The van der Waals surface area contributed by atoms with Crippen molar-refractivity contribution in [2.24, 2.45) is 0 Å². The van der Waals surface area contributed by atoms with Gasteiger partial charge in [-0.3, -0.25) is 10.1 Å². The predicted molar refractivity (Wildman–Crippen MR) is 112 cm³/mol. The molecule has 144 valence electrons. The van der Waals surface area contributed by atoms with Gasteiger partial charge in [-0.25, -0.2) is 4.98 Å². The fourth-order valence-electron chi connectivity index (χ4n) is 3.45. The van der Waals surface area contributed by atoms with Gasteiger partial charge < -0.3 is 9.80 Å². The lowest BCUT2D eigenvalue weighted by Crippen LogP contribution is -3.13. The summed E-state index contributed by atoms with van der Waals surface area (Å²) in [6.07, 6.45) is 0. The van der Waals surface area contributed by atoms with Crippen LogP contribution in [0.15, 0.2) is 53.9 Å². The Morgan fingerprint density at radius 1 is 1.14 bits per heavy atom. The number of hydrogen-bond donors (Lipinski definition) is 1. The molecule has 0 radical (unpaired) electrons. The van der Waals surface area contributed by atoms with E-state index in [-0.39, 0.29) is 10.6 Å². The van der Waals surface area contributed by atoms with Gasteiger partial charge in [-0.05, 0) is 18.2 Å². The van der Waals surface area contributed by atoms with E-state index in [0.29, 0.717) is 0 Å². The molecule has 2 heterocycles. The second kappa shape index (κ2) is 8.26. The van der Waals surface area contributed by atoms with E-state index < -0.39 is 0 Å². The van der Waals surface area contributed by atoms with Crippen molar-refractivity contribution >= 4 is 34.3 Å². The number of piperazine rings is 1. The summed E-state index contributed by atoms with van der Waals surface area (Å²) in [5, 5.41) is 14.6. The third-order valence-corrected chi connectivity index (χ3v) is 6.24. The Morgan fingerprint density at radius 3 is 2.54 bits per heavy atom. The third kappa shape index (κ3) is 4.16. The smallest absolute Gasteiger partial charge is 0.269 e. The molecule has 1 aliphatic rings. The van der Waals surface area contributed by atoms with Gasteiger partial charge in [0, 0.05) is 28.8 Å². The van der Waals surface area contributed by atoms with Gasteiger partial charge in [0.2, 0.25) is 0 Å². The molecule has 6 nitrogen and oxygen atoms in total. The summed E-state index contributed by atoms with van der Waals surface area (Å²) < 4.78 is 0. The van der Waals surface area contributed by atoms with Gasteiger partial charge >= 0.3 is 0 Å². The summed E-state index contributed by atoms with van der Waals surface area (Å²) in [5.74, 6) is 0. The van der Waals surface area contributed by atoms with Crippen LogP contribution in [-0.2, 0) is 6.54 Å². The number of aromatic nitrogens is 1. The van der Waals surface area contributed by atoms with Crippen LogP contribution < -0.4 is 9.80 Å². The number of anilines is 1. The standard InChI is InChI=1S/C20H19ClN4O2S/c21-19-4-2-1-3-18(19)20-22-15(14-28-20)13-23-9-11-24(12-10-23)16-5-7-17(8-6-16)25(26)27/h1-8,14H,9-13H2/p+1. The molecule has 0 spiro atoms. The molecule has 3 aromatic rings. The molecular formula is C20H20ClN4O2S+. The summed E-state index contributed by atoms with van der Waals surface area (Å²) in [6, 6.07) is 14.6. The Hall–Kier alpha value is -2.48. The van der Waals surface area contributed by atoms with E-state index in [1.54, 1.807) is 23.5 Å². The van der Waals surface area contributed by atoms with Crippen molar-refractivity contribution in [3.8, 4) is 10.6 Å². The van der Waals surface area contributed by atoms with Crippen molar-refractivity contribution in [1.82, 2.24) is 4.98 Å². The second-order valence-electron chi connectivity index (χ2n) is 6.81. The van der Waals surface area contributed by atoms with Gasteiger partial charge in [0.25, 0.3) is 5.69 Å². The highest BCUT2D eigenvalue weighted by atomic mass is 35.5. The molecule has 4 rings (SSSR count). The Labute approximate surface area is 172 Å². The topological polar surface area (TPSA) is 63.7 Å².